The second kappa shape index (κ2) is 7.92. The summed E-state index contributed by atoms with van der Waals surface area (Å²) in [6.45, 7) is 3.79. The summed E-state index contributed by atoms with van der Waals surface area (Å²) >= 11 is 1.21. The molecule has 1 amide bonds. The average molecular weight is 370 g/mol. The number of aromatic nitrogens is 2. The molecular weight excluding hydrogens is 348 g/mol. The predicted octanol–water partition coefficient (Wildman–Crippen LogP) is 3.87. The largest absolute Gasteiger partial charge is 0.411 e. The number of benzene rings is 1. The summed E-state index contributed by atoms with van der Waals surface area (Å²) in [7, 11) is 0. The Hall–Kier alpha value is -2.33. The number of aryl methyl sites for hydroxylation is 1. The van der Waals surface area contributed by atoms with Crippen LogP contribution in [-0.4, -0.2) is 26.9 Å². The first-order valence-electron chi connectivity index (χ1n) is 8.82. The Morgan fingerprint density at radius 1 is 1.27 bits per heavy atom. The molecule has 1 N–H and O–H groups in total. The van der Waals surface area contributed by atoms with Gasteiger partial charge in [0.15, 0.2) is 0 Å². The third-order valence-corrected chi connectivity index (χ3v) is 5.57. The third kappa shape index (κ3) is 4.25. The van der Waals surface area contributed by atoms with E-state index in [-0.39, 0.29) is 5.91 Å². The molecule has 0 aliphatic heterocycles. The third-order valence-electron chi connectivity index (χ3n) is 4.64. The molecule has 0 spiro atoms. The fraction of sp³-hybridized carbons (Fsp3) is 0.474. The van der Waals surface area contributed by atoms with Gasteiger partial charge in [-0.3, -0.25) is 4.79 Å². The fourth-order valence-electron chi connectivity index (χ4n) is 3.03. The molecule has 0 radical (unpaired) electrons. The van der Waals surface area contributed by atoms with Crippen molar-refractivity contribution in [2.45, 2.75) is 62.0 Å². The van der Waals surface area contributed by atoms with Crippen molar-refractivity contribution in [2.24, 2.45) is 0 Å². The van der Waals surface area contributed by atoms with Gasteiger partial charge in [0, 0.05) is 5.56 Å². The van der Waals surface area contributed by atoms with Crippen molar-refractivity contribution in [1.29, 1.82) is 5.26 Å². The Bertz CT molecular complexity index is 804. The zero-order chi connectivity index (χ0) is 18.6. The van der Waals surface area contributed by atoms with Crippen LogP contribution >= 0.6 is 11.8 Å². The maximum atomic E-state index is 12.5. The van der Waals surface area contributed by atoms with Crippen LogP contribution in [0.25, 0.3) is 11.5 Å². The highest BCUT2D eigenvalue weighted by molar-refractivity contribution is 8.00. The van der Waals surface area contributed by atoms with E-state index in [4.69, 9.17) is 4.42 Å². The molecule has 26 heavy (non-hydrogen) atoms. The summed E-state index contributed by atoms with van der Waals surface area (Å²) in [5.74, 6) is 0.259. The smallest absolute Gasteiger partial charge is 0.277 e. The molecule has 1 fully saturated rings. The van der Waals surface area contributed by atoms with Crippen molar-refractivity contribution in [3.63, 3.8) is 0 Å². The number of amides is 1. The van der Waals surface area contributed by atoms with Gasteiger partial charge in [0.05, 0.1) is 11.3 Å². The summed E-state index contributed by atoms with van der Waals surface area (Å²) in [5.41, 5.74) is 1.27. The zero-order valence-electron chi connectivity index (χ0n) is 15.0. The van der Waals surface area contributed by atoms with Crippen LogP contribution in [0.5, 0.6) is 0 Å². The highest BCUT2D eigenvalue weighted by atomic mass is 32.2. The maximum Gasteiger partial charge on any atom is 0.277 e. The van der Waals surface area contributed by atoms with Gasteiger partial charge in [-0.1, -0.05) is 48.7 Å². The lowest BCUT2D eigenvalue weighted by atomic mass is 9.83. The van der Waals surface area contributed by atoms with Gasteiger partial charge >= 0.3 is 0 Å². The van der Waals surface area contributed by atoms with Crippen molar-refractivity contribution in [2.75, 3.05) is 0 Å². The molecule has 6 nitrogen and oxygen atoms in total. The zero-order valence-corrected chi connectivity index (χ0v) is 15.8. The van der Waals surface area contributed by atoms with E-state index in [2.05, 4.69) is 21.6 Å². The number of nitrogens with zero attached hydrogens (tertiary/aromatic N) is 3. The van der Waals surface area contributed by atoms with Crippen LogP contribution in [0.2, 0.25) is 0 Å². The molecule has 1 saturated carbocycles. The lowest BCUT2D eigenvalue weighted by molar-refractivity contribution is -0.122. The first-order valence-corrected chi connectivity index (χ1v) is 9.70. The molecule has 0 bridgehead atoms. The molecule has 0 unspecified atom stereocenters. The molecule has 1 aliphatic rings. The number of hydrogen-bond acceptors (Lipinski definition) is 6. The number of rotatable bonds is 5. The second-order valence-corrected chi connectivity index (χ2v) is 8.04. The first kappa shape index (κ1) is 18.5. The Kier molecular flexibility index (Phi) is 5.62. The van der Waals surface area contributed by atoms with Crippen LogP contribution in [0.15, 0.2) is 33.9 Å². The Balaban J connectivity index is 1.62. The molecule has 0 saturated heterocycles. The monoisotopic (exact) mass is 370 g/mol. The number of nitrogens with one attached hydrogen (secondary N) is 1. The first-order chi connectivity index (χ1) is 12.5. The van der Waals surface area contributed by atoms with E-state index in [0.717, 1.165) is 30.4 Å². The highest BCUT2D eigenvalue weighted by Crippen LogP contribution is 2.30. The van der Waals surface area contributed by atoms with Crippen molar-refractivity contribution >= 4 is 17.7 Å². The normalized spacial score (nSPS) is 17.3. The lowest BCUT2D eigenvalue weighted by Gasteiger charge is -2.32. The molecule has 1 aliphatic carbocycles. The molecule has 1 heterocycles. The minimum atomic E-state index is -0.730. The number of nitriles is 1. The van der Waals surface area contributed by atoms with Gasteiger partial charge in [-0.25, -0.2) is 0 Å². The fourth-order valence-corrected chi connectivity index (χ4v) is 3.72. The summed E-state index contributed by atoms with van der Waals surface area (Å²) < 4.78 is 5.67. The molecule has 1 atom stereocenters. The summed E-state index contributed by atoms with van der Waals surface area (Å²) in [4.78, 5) is 12.5. The molecular formula is C19H22N4O2S. The quantitative estimate of drug-likeness (QED) is 0.803. The number of carbonyl (C=O) groups excluding carboxylic acids is 1. The Morgan fingerprint density at radius 3 is 2.62 bits per heavy atom. The van der Waals surface area contributed by atoms with Gasteiger partial charge in [-0.05, 0) is 38.8 Å². The average Bonchev–Trinajstić information content (AvgIpc) is 3.11. The number of hydrogen-bond donors (Lipinski definition) is 1. The van der Waals surface area contributed by atoms with Crippen molar-refractivity contribution < 1.29 is 9.21 Å². The van der Waals surface area contributed by atoms with E-state index >= 15 is 0 Å². The van der Waals surface area contributed by atoms with Crippen molar-refractivity contribution in [3.8, 4) is 17.5 Å². The second-order valence-electron chi connectivity index (χ2n) is 6.74. The SMILES string of the molecule is Cc1ccc(-c2nnc(S[C@@H](C)C(=O)NC3(C#N)CCCCC3)o2)cc1. The van der Waals surface area contributed by atoms with E-state index < -0.39 is 10.8 Å². The summed E-state index contributed by atoms with van der Waals surface area (Å²) in [6, 6.07) is 10.1. The topological polar surface area (TPSA) is 91.8 Å². The van der Waals surface area contributed by atoms with E-state index in [1.54, 1.807) is 6.92 Å². The molecule has 1 aromatic carbocycles. The minimum Gasteiger partial charge on any atom is -0.411 e. The molecule has 1 aromatic heterocycles. The van der Waals surface area contributed by atoms with Gasteiger partial charge < -0.3 is 9.73 Å². The Labute approximate surface area is 157 Å². The van der Waals surface area contributed by atoms with Crippen LogP contribution in [0.1, 0.15) is 44.6 Å². The molecule has 2 aromatic rings. The van der Waals surface area contributed by atoms with Crippen LogP contribution in [0.3, 0.4) is 0 Å². The van der Waals surface area contributed by atoms with Crippen LogP contribution in [-0.2, 0) is 4.79 Å². The molecule has 3 rings (SSSR count). The van der Waals surface area contributed by atoms with Gasteiger partial charge in [0.1, 0.15) is 5.54 Å². The van der Waals surface area contributed by atoms with E-state index in [1.807, 2.05) is 31.2 Å². The summed E-state index contributed by atoms with van der Waals surface area (Å²) in [6.07, 6.45) is 4.49. The van der Waals surface area contributed by atoms with Crippen molar-refractivity contribution in [3.05, 3.63) is 29.8 Å². The summed E-state index contributed by atoms with van der Waals surface area (Å²) in [5, 5.41) is 20.4. The van der Waals surface area contributed by atoms with Crippen LogP contribution in [0.4, 0.5) is 0 Å². The standard InChI is InChI=1S/C19H22N4O2S/c1-13-6-8-15(9-7-13)17-22-23-18(25-17)26-14(2)16(24)21-19(12-20)10-4-3-5-11-19/h6-9,14H,3-5,10-11H2,1-2H3,(H,21,24)/t14-/m0/s1. The lowest BCUT2D eigenvalue weighted by Crippen LogP contribution is -2.50. The van der Waals surface area contributed by atoms with Gasteiger partial charge in [0.25, 0.3) is 5.22 Å². The highest BCUT2D eigenvalue weighted by Gasteiger charge is 2.35. The maximum absolute atomic E-state index is 12.5. The van der Waals surface area contributed by atoms with Crippen LogP contribution in [0, 0.1) is 18.3 Å². The van der Waals surface area contributed by atoms with Gasteiger partial charge in [-0.15, -0.1) is 10.2 Å². The molecule has 136 valence electrons. The molecule has 7 heteroatoms. The minimum absolute atomic E-state index is 0.173. The number of carbonyl (C=O) groups is 1. The Morgan fingerprint density at radius 2 is 1.96 bits per heavy atom. The van der Waals surface area contributed by atoms with E-state index in [0.29, 0.717) is 24.0 Å². The van der Waals surface area contributed by atoms with Crippen LogP contribution < -0.4 is 5.32 Å². The van der Waals surface area contributed by atoms with E-state index in [1.165, 1.54) is 11.8 Å². The number of thioether (sulfide) groups is 1. The predicted molar refractivity (Wildman–Crippen MR) is 99.4 cm³/mol. The van der Waals surface area contributed by atoms with Gasteiger partial charge in [0.2, 0.25) is 11.8 Å². The van der Waals surface area contributed by atoms with Crippen molar-refractivity contribution in [1.82, 2.24) is 15.5 Å². The van der Waals surface area contributed by atoms with E-state index in [9.17, 15) is 10.1 Å². The van der Waals surface area contributed by atoms with Gasteiger partial charge in [-0.2, -0.15) is 5.26 Å².